The zero-order chi connectivity index (χ0) is 9.64. The monoisotopic (exact) mass is 299 g/mol. The number of nitrogens with one attached hydrogen (secondary N) is 2. The first kappa shape index (κ1) is 19.3. The molecule has 1 aromatic rings. The molecule has 1 atom stereocenters. The normalized spacial score (nSPS) is 18.2. The molecule has 0 aliphatic carbocycles. The Morgan fingerprint density at radius 1 is 1.24 bits per heavy atom. The second-order valence-corrected chi connectivity index (χ2v) is 3.78. The fourth-order valence-corrected chi connectivity index (χ4v) is 1.79. The van der Waals surface area contributed by atoms with Gasteiger partial charge in [0.05, 0.1) is 0 Å². The van der Waals surface area contributed by atoms with Crippen molar-refractivity contribution in [3.8, 4) is 0 Å². The summed E-state index contributed by atoms with van der Waals surface area (Å²) in [5.74, 6) is 0. The summed E-state index contributed by atoms with van der Waals surface area (Å²) in [5.41, 5.74) is 1.31. The molecule has 0 amide bonds. The number of rotatable bonds is 3. The number of aromatic nitrogens is 1. The van der Waals surface area contributed by atoms with Gasteiger partial charge in [-0.2, -0.15) is 0 Å². The van der Waals surface area contributed by atoms with Gasteiger partial charge in [0.2, 0.25) is 0 Å². The van der Waals surface area contributed by atoms with E-state index < -0.39 is 0 Å². The Hall–Kier alpha value is -0.0600. The molecule has 0 aromatic carbocycles. The van der Waals surface area contributed by atoms with Crippen LogP contribution in [0.5, 0.6) is 0 Å². The number of hydrogen-bond donors (Lipinski definition) is 2. The largest absolute Gasteiger partial charge is 0.315 e. The average Bonchev–Trinajstić information content (AvgIpc) is 2.29. The quantitative estimate of drug-likeness (QED) is 0.898. The van der Waals surface area contributed by atoms with Gasteiger partial charge in [-0.15, -0.1) is 37.2 Å². The van der Waals surface area contributed by atoms with Crippen molar-refractivity contribution in [1.29, 1.82) is 0 Å². The maximum absolute atomic E-state index is 4.00. The van der Waals surface area contributed by atoms with E-state index in [9.17, 15) is 0 Å². The predicted octanol–water partition coefficient (Wildman–Crippen LogP) is 2.19. The highest BCUT2D eigenvalue weighted by Crippen LogP contribution is 2.03. The van der Waals surface area contributed by atoms with E-state index in [0.29, 0.717) is 6.04 Å². The third kappa shape index (κ3) is 7.06. The van der Waals surface area contributed by atoms with Crippen LogP contribution in [0.25, 0.3) is 0 Å². The van der Waals surface area contributed by atoms with Crippen LogP contribution in [-0.2, 0) is 6.54 Å². The lowest BCUT2D eigenvalue weighted by Gasteiger charge is -2.23. The van der Waals surface area contributed by atoms with Crippen molar-refractivity contribution < 1.29 is 0 Å². The topological polar surface area (TPSA) is 37.0 Å². The Morgan fingerprint density at radius 2 is 1.94 bits per heavy atom. The summed E-state index contributed by atoms with van der Waals surface area (Å²) in [7, 11) is 0. The van der Waals surface area contributed by atoms with Crippen LogP contribution < -0.4 is 10.6 Å². The van der Waals surface area contributed by atoms with Crippen LogP contribution in [0.15, 0.2) is 24.5 Å². The van der Waals surface area contributed by atoms with Crippen LogP contribution in [0.1, 0.15) is 18.4 Å². The van der Waals surface area contributed by atoms with Crippen LogP contribution >= 0.6 is 37.2 Å². The Balaban J connectivity index is 0. The molecule has 17 heavy (non-hydrogen) atoms. The van der Waals surface area contributed by atoms with Crippen molar-refractivity contribution in [3.05, 3.63) is 30.1 Å². The zero-order valence-corrected chi connectivity index (χ0v) is 12.0. The highest BCUT2D eigenvalue weighted by Gasteiger charge is 2.11. The second kappa shape index (κ2) is 11.1. The number of halogens is 3. The SMILES string of the molecule is Cl.Cl.Cl.c1cc(CN[C@H]2CCCNC2)ccn1. The maximum Gasteiger partial charge on any atom is 0.0271 e. The summed E-state index contributed by atoms with van der Waals surface area (Å²) in [6.07, 6.45) is 6.26. The lowest BCUT2D eigenvalue weighted by Crippen LogP contribution is -2.42. The molecule has 0 radical (unpaired) electrons. The molecule has 0 unspecified atom stereocenters. The minimum atomic E-state index is 0. The van der Waals surface area contributed by atoms with Crippen LogP contribution in [0, 0.1) is 0 Å². The molecule has 2 N–H and O–H groups in total. The molecular weight excluding hydrogens is 281 g/mol. The highest BCUT2D eigenvalue weighted by atomic mass is 35.5. The Morgan fingerprint density at radius 3 is 2.53 bits per heavy atom. The summed E-state index contributed by atoms with van der Waals surface area (Å²) in [4.78, 5) is 4.00. The Kier molecular flexibility index (Phi) is 12.5. The fraction of sp³-hybridized carbons (Fsp3) is 0.545. The fourth-order valence-electron chi connectivity index (χ4n) is 1.79. The lowest BCUT2D eigenvalue weighted by molar-refractivity contribution is 0.389. The third-order valence-electron chi connectivity index (χ3n) is 2.64. The lowest BCUT2D eigenvalue weighted by atomic mass is 10.1. The molecule has 6 heteroatoms. The maximum atomic E-state index is 4.00. The third-order valence-corrected chi connectivity index (χ3v) is 2.64. The van der Waals surface area contributed by atoms with E-state index in [0.717, 1.165) is 13.1 Å². The molecule has 0 bridgehead atoms. The number of pyridine rings is 1. The van der Waals surface area contributed by atoms with Gasteiger partial charge < -0.3 is 10.6 Å². The molecular formula is C11H20Cl3N3. The molecule has 1 saturated heterocycles. The molecule has 2 heterocycles. The number of nitrogens with zero attached hydrogens (tertiary/aromatic N) is 1. The van der Waals surface area contributed by atoms with Crippen LogP contribution in [0.4, 0.5) is 0 Å². The first-order chi connectivity index (χ1) is 6.95. The van der Waals surface area contributed by atoms with Gasteiger partial charge in [0.15, 0.2) is 0 Å². The smallest absolute Gasteiger partial charge is 0.0271 e. The average molecular weight is 301 g/mol. The van der Waals surface area contributed by atoms with Crippen molar-refractivity contribution in [2.45, 2.75) is 25.4 Å². The summed E-state index contributed by atoms with van der Waals surface area (Å²) < 4.78 is 0. The highest BCUT2D eigenvalue weighted by molar-refractivity contribution is 5.86. The van der Waals surface area contributed by atoms with Crippen molar-refractivity contribution in [1.82, 2.24) is 15.6 Å². The summed E-state index contributed by atoms with van der Waals surface area (Å²) >= 11 is 0. The number of piperidine rings is 1. The molecule has 100 valence electrons. The molecule has 0 saturated carbocycles. The summed E-state index contributed by atoms with van der Waals surface area (Å²) in [6.45, 7) is 3.23. The van der Waals surface area contributed by atoms with Crippen molar-refractivity contribution >= 4 is 37.2 Å². The van der Waals surface area contributed by atoms with Crippen LogP contribution in [0.3, 0.4) is 0 Å². The van der Waals surface area contributed by atoms with E-state index in [-0.39, 0.29) is 37.2 Å². The van der Waals surface area contributed by atoms with E-state index in [1.807, 2.05) is 12.4 Å². The van der Waals surface area contributed by atoms with Gasteiger partial charge in [0.1, 0.15) is 0 Å². The minimum absolute atomic E-state index is 0. The molecule has 2 rings (SSSR count). The zero-order valence-electron chi connectivity index (χ0n) is 9.59. The standard InChI is InChI=1S/C11H17N3.3ClH/c1-2-11(9-13-5-1)14-8-10-3-6-12-7-4-10;;;/h3-4,6-7,11,13-14H,1-2,5,8-9H2;3*1H/t11-;;;/m0.../s1. The molecule has 1 aliphatic rings. The van der Waals surface area contributed by atoms with Crippen LogP contribution in [0.2, 0.25) is 0 Å². The molecule has 0 spiro atoms. The number of hydrogen-bond acceptors (Lipinski definition) is 3. The van der Waals surface area contributed by atoms with Gasteiger partial charge in [0, 0.05) is 31.5 Å². The van der Waals surface area contributed by atoms with Gasteiger partial charge in [-0.05, 0) is 37.1 Å². The van der Waals surface area contributed by atoms with Crippen molar-refractivity contribution in [2.75, 3.05) is 13.1 Å². The Bertz CT molecular complexity index is 266. The first-order valence-electron chi connectivity index (χ1n) is 5.28. The summed E-state index contributed by atoms with van der Waals surface area (Å²) in [5, 5.41) is 6.94. The minimum Gasteiger partial charge on any atom is -0.315 e. The van der Waals surface area contributed by atoms with E-state index in [2.05, 4.69) is 27.8 Å². The first-order valence-corrected chi connectivity index (χ1v) is 5.28. The molecule has 1 aliphatic heterocycles. The second-order valence-electron chi connectivity index (χ2n) is 3.78. The van der Waals surface area contributed by atoms with E-state index in [4.69, 9.17) is 0 Å². The van der Waals surface area contributed by atoms with E-state index >= 15 is 0 Å². The van der Waals surface area contributed by atoms with Gasteiger partial charge in [0.25, 0.3) is 0 Å². The molecule has 1 aromatic heterocycles. The van der Waals surface area contributed by atoms with Crippen molar-refractivity contribution in [2.24, 2.45) is 0 Å². The van der Waals surface area contributed by atoms with Gasteiger partial charge in [-0.1, -0.05) is 0 Å². The summed E-state index contributed by atoms with van der Waals surface area (Å²) in [6, 6.07) is 4.75. The van der Waals surface area contributed by atoms with Gasteiger partial charge >= 0.3 is 0 Å². The predicted molar refractivity (Wildman–Crippen MR) is 78.7 cm³/mol. The van der Waals surface area contributed by atoms with E-state index in [1.165, 1.54) is 24.9 Å². The van der Waals surface area contributed by atoms with Crippen molar-refractivity contribution in [3.63, 3.8) is 0 Å². The Labute approximate surface area is 121 Å². The van der Waals surface area contributed by atoms with Gasteiger partial charge in [-0.3, -0.25) is 4.98 Å². The van der Waals surface area contributed by atoms with Crippen LogP contribution in [-0.4, -0.2) is 24.1 Å². The van der Waals surface area contributed by atoms with E-state index in [1.54, 1.807) is 0 Å². The molecule has 3 nitrogen and oxygen atoms in total. The molecule has 1 fully saturated rings. The van der Waals surface area contributed by atoms with Gasteiger partial charge in [-0.25, -0.2) is 0 Å².